The fourth-order valence-corrected chi connectivity index (χ4v) is 4.68. The number of thioether (sulfide) groups is 1. The van der Waals surface area contributed by atoms with Crippen LogP contribution in [0.2, 0.25) is 0 Å². The van der Waals surface area contributed by atoms with E-state index in [1.807, 2.05) is 42.7 Å². The predicted octanol–water partition coefficient (Wildman–Crippen LogP) is 4.65. The molecule has 1 heterocycles. The fraction of sp³-hybridized carbons (Fsp3) is 0.273. The summed E-state index contributed by atoms with van der Waals surface area (Å²) in [6.07, 6.45) is 1.66. The van der Waals surface area contributed by atoms with E-state index in [-0.39, 0.29) is 11.7 Å². The summed E-state index contributed by atoms with van der Waals surface area (Å²) >= 11 is 1.57. The monoisotopic (exact) mass is 408 g/mol. The number of ketones is 1. The number of nitrogens with zero attached hydrogens (tertiary/aromatic N) is 3. The average molecular weight is 409 g/mol. The molecule has 0 spiro atoms. The Morgan fingerprint density at radius 3 is 2.55 bits per heavy atom. The molecule has 0 aliphatic carbocycles. The van der Waals surface area contributed by atoms with E-state index in [0.717, 1.165) is 44.3 Å². The summed E-state index contributed by atoms with van der Waals surface area (Å²) < 4.78 is 1.89. The second kappa shape index (κ2) is 8.61. The number of aryl methyl sites for hydroxylation is 2. The first kappa shape index (κ1) is 20.8. The zero-order chi connectivity index (χ0) is 21.1. The van der Waals surface area contributed by atoms with Gasteiger partial charge in [0.15, 0.2) is 10.9 Å². The number of hydrogen-bond acceptors (Lipinski definition) is 5. The van der Waals surface area contributed by atoms with Gasteiger partial charge in [-0.05, 0) is 68.1 Å². The lowest BCUT2D eigenvalue weighted by molar-refractivity contribution is -0.114. The van der Waals surface area contributed by atoms with Gasteiger partial charge in [-0.15, -0.1) is 10.2 Å². The molecule has 3 aromatic rings. The van der Waals surface area contributed by atoms with Crippen LogP contribution in [0.25, 0.3) is 5.69 Å². The van der Waals surface area contributed by atoms with E-state index in [9.17, 15) is 9.59 Å². The number of anilines is 1. The number of carbonyl (C=O) groups is 2. The van der Waals surface area contributed by atoms with Crippen molar-refractivity contribution >= 4 is 29.1 Å². The van der Waals surface area contributed by atoms with Crippen LogP contribution in [0.15, 0.2) is 41.8 Å². The van der Waals surface area contributed by atoms with Crippen LogP contribution in [0, 0.1) is 20.8 Å². The average Bonchev–Trinajstić information content (AvgIpc) is 3.09. The van der Waals surface area contributed by atoms with Gasteiger partial charge in [0, 0.05) is 23.9 Å². The number of aromatic nitrogens is 3. The van der Waals surface area contributed by atoms with Gasteiger partial charge >= 0.3 is 0 Å². The van der Waals surface area contributed by atoms with Crippen molar-refractivity contribution in [1.29, 1.82) is 0 Å². The minimum atomic E-state index is -0.118. The quantitative estimate of drug-likeness (QED) is 0.475. The summed E-state index contributed by atoms with van der Waals surface area (Å²) in [7, 11) is 0. The van der Waals surface area contributed by atoms with Crippen molar-refractivity contribution in [3.8, 4) is 5.69 Å². The van der Waals surface area contributed by atoms with Crippen molar-refractivity contribution in [2.24, 2.45) is 0 Å². The smallest absolute Gasteiger partial charge is 0.221 e. The molecule has 29 heavy (non-hydrogen) atoms. The minimum Gasteiger partial charge on any atom is -0.326 e. The molecule has 150 valence electrons. The highest BCUT2D eigenvalue weighted by molar-refractivity contribution is 7.98. The molecule has 0 atom stereocenters. The van der Waals surface area contributed by atoms with Gasteiger partial charge in [-0.3, -0.25) is 14.2 Å². The van der Waals surface area contributed by atoms with Crippen molar-refractivity contribution in [1.82, 2.24) is 14.8 Å². The Hall–Kier alpha value is -2.93. The Morgan fingerprint density at radius 2 is 1.86 bits per heavy atom. The second-order valence-electron chi connectivity index (χ2n) is 7.05. The number of nitrogens with one attached hydrogen (secondary N) is 1. The van der Waals surface area contributed by atoms with Crippen LogP contribution in [0.3, 0.4) is 0 Å². The van der Waals surface area contributed by atoms with E-state index in [1.54, 1.807) is 25.0 Å². The Balaban J connectivity index is 1.88. The molecule has 1 N–H and O–H groups in total. The van der Waals surface area contributed by atoms with Gasteiger partial charge in [-0.25, -0.2) is 0 Å². The highest BCUT2D eigenvalue weighted by Crippen LogP contribution is 2.30. The summed E-state index contributed by atoms with van der Waals surface area (Å²) in [4.78, 5) is 23.4. The van der Waals surface area contributed by atoms with E-state index in [2.05, 4.69) is 28.5 Å². The molecule has 0 bridgehead atoms. The molecular formula is C22H24N4O2S. The SMILES string of the molecule is CC(=O)Nc1cccc(-n2cnnc2SCc2c(C)cc(C)c(C(C)=O)c2C)c1. The van der Waals surface area contributed by atoms with Crippen LogP contribution in [0.1, 0.15) is 46.5 Å². The molecule has 1 aromatic heterocycles. The third-order valence-electron chi connectivity index (χ3n) is 4.79. The number of carbonyl (C=O) groups excluding carboxylic acids is 2. The topological polar surface area (TPSA) is 76.9 Å². The lowest BCUT2D eigenvalue weighted by Gasteiger charge is -2.16. The summed E-state index contributed by atoms with van der Waals surface area (Å²) in [5.41, 5.74) is 6.74. The maximum atomic E-state index is 12.1. The number of hydrogen-bond donors (Lipinski definition) is 1. The standard InChI is InChI=1S/C22H24N4O2S/c1-13-9-14(2)21(16(4)27)15(3)20(13)11-29-22-25-23-12-26(22)19-8-6-7-18(10-19)24-17(5)28/h6-10,12H,11H2,1-5H3,(H,24,28). The summed E-state index contributed by atoms with van der Waals surface area (Å²) in [6, 6.07) is 9.61. The van der Waals surface area contributed by atoms with Crippen molar-refractivity contribution < 1.29 is 9.59 Å². The van der Waals surface area contributed by atoms with Crippen molar-refractivity contribution in [3.63, 3.8) is 0 Å². The largest absolute Gasteiger partial charge is 0.326 e. The molecule has 0 aliphatic rings. The predicted molar refractivity (Wildman–Crippen MR) is 116 cm³/mol. The normalized spacial score (nSPS) is 10.8. The highest BCUT2D eigenvalue weighted by atomic mass is 32.2. The molecule has 0 saturated heterocycles. The van der Waals surface area contributed by atoms with Crippen molar-refractivity contribution in [3.05, 3.63) is 64.5 Å². The number of benzene rings is 2. The zero-order valence-electron chi connectivity index (χ0n) is 17.2. The zero-order valence-corrected chi connectivity index (χ0v) is 18.1. The first-order chi connectivity index (χ1) is 13.8. The van der Waals surface area contributed by atoms with Crippen molar-refractivity contribution in [2.45, 2.75) is 45.5 Å². The minimum absolute atomic E-state index is 0.0872. The number of rotatable bonds is 6. The molecule has 0 radical (unpaired) electrons. The highest BCUT2D eigenvalue weighted by Gasteiger charge is 2.16. The molecular weight excluding hydrogens is 384 g/mol. The summed E-state index contributed by atoms with van der Waals surface area (Å²) in [5, 5.41) is 11.8. The molecule has 0 fully saturated rings. The lowest BCUT2D eigenvalue weighted by Crippen LogP contribution is -2.06. The second-order valence-corrected chi connectivity index (χ2v) is 7.99. The van der Waals surface area contributed by atoms with E-state index < -0.39 is 0 Å². The number of amides is 1. The third kappa shape index (κ3) is 4.56. The van der Waals surface area contributed by atoms with Gasteiger partial charge in [0.1, 0.15) is 6.33 Å². The first-order valence-electron chi connectivity index (χ1n) is 9.29. The molecule has 0 saturated carbocycles. The van der Waals surface area contributed by atoms with E-state index in [0.29, 0.717) is 5.75 Å². The van der Waals surface area contributed by atoms with Gasteiger partial charge in [0.05, 0.1) is 5.69 Å². The van der Waals surface area contributed by atoms with Gasteiger partial charge in [-0.1, -0.05) is 23.9 Å². The Morgan fingerprint density at radius 1 is 1.10 bits per heavy atom. The molecule has 0 aliphatic heterocycles. The third-order valence-corrected chi connectivity index (χ3v) is 5.76. The van der Waals surface area contributed by atoms with E-state index >= 15 is 0 Å². The van der Waals surface area contributed by atoms with Crippen LogP contribution >= 0.6 is 11.8 Å². The van der Waals surface area contributed by atoms with Crippen LogP contribution in [0.5, 0.6) is 0 Å². The van der Waals surface area contributed by atoms with Gasteiger partial charge in [-0.2, -0.15) is 0 Å². The number of Topliss-reactive ketones (excluding diaryl/α,β-unsaturated/α-hetero) is 1. The molecule has 6 nitrogen and oxygen atoms in total. The maximum absolute atomic E-state index is 12.1. The van der Waals surface area contributed by atoms with E-state index in [1.165, 1.54) is 6.92 Å². The van der Waals surface area contributed by atoms with Gasteiger partial charge in [0.25, 0.3) is 0 Å². The van der Waals surface area contributed by atoms with Crippen LogP contribution < -0.4 is 5.32 Å². The Labute approximate surface area is 174 Å². The Bertz CT molecular complexity index is 1090. The summed E-state index contributed by atoms with van der Waals surface area (Å²) in [5.74, 6) is 0.652. The molecule has 7 heteroatoms. The van der Waals surface area contributed by atoms with Crippen molar-refractivity contribution in [2.75, 3.05) is 5.32 Å². The van der Waals surface area contributed by atoms with Crippen LogP contribution in [-0.4, -0.2) is 26.5 Å². The maximum Gasteiger partial charge on any atom is 0.221 e. The van der Waals surface area contributed by atoms with Gasteiger partial charge in [0.2, 0.25) is 5.91 Å². The molecule has 0 unspecified atom stereocenters. The summed E-state index contributed by atoms with van der Waals surface area (Å²) in [6.45, 7) is 9.15. The van der Waals surface area contributed by atoms with Crippen LogP contribution in [0.4, 0.5) is 5.69 Å². The fourth-order valence-electron chi connectivity index (χ4n) is 3.56. The van der Waals surface area contributed by atoms with E-state index in [4.69, 9.17) is 0 Å². The first-order valence-corrected chi connectivity index (χ1v) is 10.3. The molecule has 1 amide bonds. The molecule has 2 aromatic carbocycles. The molecule has 3 rings (SSSR count). The lowest BCUT2D eigenvalue weighted by atomic mass is 9.92. The Kier molecular flexibility index (Phi) is 6.17. The van der Waals surface area contributed by atoms with Crippen LogP contribution in [-0.2, 0) is 10.5 Å². The van der Waals surface area contributed by atoms with Gasteiger partial charge < -0.3 is 5.32 Å².